The van der Waals surface area contributed by atoms with E-state index in [1.54, 1.807) is 7.11 Å². The van der Waals surface area contributed by atoms with Crippen LogP contribution in [0, 0.1) is 0 Å². The number of aromatic nitrogens is 4. The molecular weight excluding hydrogens is 260 g/mol. The van der Waals surface area contributed by atoms with E-state index in [2.05, 4.69) is 20.3 Å². The van der Waals surface area contributed by atoms with Crippen LogP contribution in [-0.2, 0) is 6.42 Å². The monoisotopic (exact) mass is 272 g/mol. The van der Waals surface area contributed by atoms with Crippen LogP contribution in [0.1, 0.15) is 12.7 Å². The summed E-state index contributed by atoms with van der Waals surface area (Å²) >= 11 is 0. The SMILES string of the molecule is CCc1noc(-c2nc(-c3ccccc3OC)no2)n1. The third-order valence-corrected chi connectivity index (χ3v) is 2.74. The number of nitrogens with zero attached hydrogens (tertiary/aromatic N) is 4. The zero-order valence-electron chi connectivity index (χ0n) is 11.0. The Hall–Kier alpha value is -2.70. The smallest absolute Gasteiger partial charge is 0.316 e. The van der Waals surface area contributed by atoms with Crippen LogP contribution in [0.5, 0.6) is 5.75 Å². The molecule has 0 aliphatic carbocycles. The van der Waals surface area contributed by atoms with Gasteiger partial charge in [-0.3, -0.25) is 0 Å². The van der Waals surface area contributed by atoms with Gasteiger partial charge in [0.1, 0.15) is 5.75 Å². The van der Waals surface area contributed by atoms with E-state index in [1.807, 2.05) is 31.2 Å². The van der Waals surface area contributed by atoms with Gasteiger partial charge in [0.15, 0.2) is 5.82 Å². The van der Waals surface area contributed by atoms with Crippen LogP contribution in [0.4, 0.5) is 0 Å². The van der Waals surface area contributed by atoms with E-state index in [0.29, 0.717) is 23.8 Å². The van der Waals surface area contributed by atoms with Crippen molar-refractivity contribution in [3.8, 4) is 28.9 Å². The Bertz CT molecular complexity index is 720. The van der Waals surface area contributed by atoms with Gasteiger partial charge in [-0.25, -0.2) is 0 Å². The predicted molar refractivity (Wildman–Crippen MR) is 69.0 cm³/mol. The van der Waals surface area contributed by atoms with Gasteiger partial charge in [0, 0.05) is 6.42 Å². The van der Waals surface area contributed by atoms with Gasteiger partial charge < -0.3 is 13.8 Å². The number of para-hydroxylation sites is 1. The van der Waals surface area contributed by atoms with Crippen LogP contribution in [0.3, 0.4) is 0 Å². The molecule has 0 unspecified atom stereocenters. The lowest BCUT2D eigenvalue weighted by Crippen LogP contribution is -1.88. The van der Waals surface area contributed by atoms with Crippen LogP contribution in [-0.4, -0.2) is 27.4 Å². The van der Waals surface area contributed by atoms with Gasteiger partial charge in [0.05, 0.1) is 12.7 Å². The number of rotatable bonds is 4. The molecule has 3 rings (SSSR count). The predicted octanol–water partition coefficient (Wildman–Crippen LogP) is 2.36. The average molecular weight is 272 g/mol. The highest BCUT2D eigenvalue weighted by atomic mass is 16.5. The fourth-order valence-electron chi connectivity index (χ4n) is 1.73. The van der Waals surface area contributed by atoms with Crippen LogP contribution in [0.2, 0.25) is 0 Å². The average Bonchev–Trinajstić information content (AvgIpc) is 3.15. The first-order valence-electron chi connectivity index (χ1n) is 6.12. The number of aryl methyl sites for hydroxylation is 1. The second-order valence-corrected chi connectivity index (χ2v) is 3.99. The van der Waals surface area contributed by atoms with E-state index in [-0.39, 0.29) is 11.8 Å². The number of ether oxygens (including phenoxy) is 1. The lowest BCUT2D eigenvalue weighted by atomic mass is 10.2. The zero-order valence-corrected chi connectivity index (χ0v) is 11.0. The molecule has 3 aromatic rings. The standard InChI is InChI=1S/C13H12N4O3/c1-3-10-14-12(19-16-10)13-15-11(17-20-13)8-6-4-5-7-9(8)18-2/h4-7H,3H2,1-2H3. The van der Waals surface area contributed by atoms with Gasteiger partial charge in [0.2, 0.25) is 5.82 Å². The van der Waals surface area contributed by atoms with Crippen LogP contribution >= 0.6 is 0 Å². The Balaban J connectivity index is 1.97. The highest BCUT2D eigenvalue weighted by Crippen LogP contribution is 2.28. The van der Waals surface area contributed by atoms with Crippen molar-refractivity contribution in [3.63, 3.8) is 0 Å². The van der Waals surface area contributed by atoms with Gasteiger partial charge in [-0.2, -0.15) is 9.97 Å². The van der Waals surface area contributed by atoms with E-state index in [4.69, 9.17) is 13.8 Å². The highest BCUT2D eigenvalue weighted by Gasteiger charge is 2.18. The Morgan fingerprint density at radius 3 is 2.55 bits per heavy atom. The summed E-state index contributed by atoms with van der Waals surface area (Å²) in [5, 5.41) is 7.70. The maximum Gasteiger partial charge on any atom is 0.316 e. The van der Waals surface area contributed by atoms with Crippen molar-refractivity contribution in [2.24, 2.45) is 0 Å². The molecule has 2 heterocycles. The van der Waals surface area contributed by atoms with Crippen molar-refractivity contribution >= 4 is 0 Å². The Kier molecular flexibility index (Phi) is 3.16. The maximum atomic E-state index is 5.26. The first-order valence-corrected chi connectivity index (χ1v) is 6.12. The minimum Gasteiger partial charge on any atom is -0.496 e. The van der Waals surface area contributed by atoms with E-state index in [9.17, 15) is 0 Å². The van der Waals surface area contributed by atoms with Gasteiger partial charge in [-0.05, 0) is 12.1 Å². The van der Waals surface area contributed by atoms with E-state index >= 15 is 0 Å². The molecule has 102 valence electrons. The molecule has 0 saturated carbocycles. The highest BCUT2D eigenvalue weighted by molar-refractivity contribution is 5.64. The molecule has 7 heteroatoms. The third kappa shape index (κ3) is 2.13. The van der Waals surface area contributed by atoms with E-state index in [0.717, 1.165) is 5.56 Å². The number of benzene rings is 1. The van der Waals surface area contributed by atoms with Crippen molar-refractivity contribution < 1.29 is 13.8 Å². The zero-order chi connectivity index (χ0) is 13.9. The normalized spacial score (nSPS) is 10.7. The summed E-state index contributed by atoms with van der Waals surface area (Å²) in [6, 6.07) is 7.41. The van der Waals surface area contributed by atoms with Gasteiger partial charge in [0.25, 0.3) is 0 Å². The fourth-order valence-corrected chi connectivity index (χ4v) is 1.73. The second kappa shape index (κ2) is 5.12. The first-order chi connectivity index (χ1) is 9.81. The minimum atomic E-state index is 0.193. The first kappa shape index (κ1) is 12.3. The molecule has 2 aromatic heterocycles. The summed E-state index contributed by atoms with van der Waals surface area (Å²) < 4.78 is 15.5. The van der Waals surface area contributed by atoms with Gasteiger partial charge >= 0.3 is 11.8 Å². The van der Waals surface area contributed by atoms with E-state index < -0.39 is 0 Å². The summed E-state index contributed by atoms with van der Waals surface area (Å²) in [7, 11) is 1.59. The summed E-state index contributed by atoms with van der Waals surface area (Å²) in [4.78, 5) is 8.40. The summed E-state index contributed by atoms with van der Waals surface area (Å²) in [6.07, 6.45) is 0.678. The van der Waals surface area contributed by atoms with Crippen LogP contribution < -0.4 is 4.74 Å². The molecular formula is C13H12N4O3. The molecule has 7 nitrogen and oxygen atoms in total. The molecule has 0 N–H and O–H groups in total. The van der Waals surface area contributed by atoms with Gasteiger partial charge in [-0.15, -0.1) is 0 Å². The van der Waals surface area contributed by atoms with Crippen molar-refractivity contribution in [2.75, 3.05) is 7.11 Å². The molecule has 0 atom stereocenters. The summed E-state index contributed by atoms with van der Waals surface area (Å²) in [6.45, 7) is 1.93. The Labute approximate surface area is 114 Å². The lowest BCUT2D eigenvalue weighted by molar-refractivity contribution is 0.379. The molecule has 0 aliphatic heterocycles. The van der Waals surface area contributed by atoms with Gasteiger partial charge in [-0.1, -0.05) is 29.4 Å². The molecule has 20 heavy (non-hydrogen) atoms. The lowest BCUT2D eigenvalue weighted by Gasteiger charge is -2.02. The van der Waals surface area contributed by atoms with Crippen molar-refractivity contribution in [2.45, 2.75) is 13.3 Å². The number of hydrogen-bond donors (Lipinski definition) is 0. The maximum absolute atomic E-state index is 5.26. The Morgan fingerprint density at radius 1 is 1.05 bits per heavy atom. The van der Waals surface area contributed by atoms with Crippen molar-refractivity contribution in [1.82, 2.24) is 20.3 Å². The van der Waals surface area contributed by atoms with Crippen molar-refractivity contribution in [3.05, 3.63) is 30.1 Å². The molecule has 0 bridgehead atoms. The summed E-state index contributed by atoms with van der Waals surface area (Å²) in [5.74, 6) is 2.08. The van der Waals surface area contributed by atoms with E-state index in [1.165, 1.54) is 0 Å². The molecule has 0 radical (unpaired) electrons. The van der Waals surface area contributed by atoms with Crippen LogP contribution in [0.25, 0.3) is 23.2 Å². The molecule has 0 saturated heterocycles. The molecule has 1 aromatic carbocycles. The Morgan fingerprint density at radius 2 is 1.80 bits per heavy atom. The van der Waals surface area contributed by atoms with Crippen LogP contribution in [0.15, 0.2) is 33.3 Å². The minimum absolute atomic E-state index is 0.193. The molecule has 0 aliphatic rings. The number of hydrogen-bond acceptors (Lipinski definition) is 7. The second-order valence-electron chi connectivity index (χ2n) is 3.99. The fraction of sp³-hybridized carbons (Fsp3) is 0.231. The quantitative estimate of drug-likeness (QED) is 0.720. The third-order valence-electron chi connectivity index (χ3n) is 2.74. The number of methoxy groups -OCH3 is 1. The molecule has 0 amide bonds. The van der Waals surface area contributed by atoms with Crippen molar-refractivity contribution in [1.29, 1.82) is 0 Å². The molecule has 0 spiro atoms. The largest absolute Gasteiger partial charge is 0.496 e. The topological polar surface area (TPSA) is 87.1 Å². The molecule has 0 fully saturated rings. The summed E-state index contributed by atoms with van der Waals surface area (Å²) in [5.41, 5.74) is 0.736.